The molecule has 0 aliphatic carbocycles. The number of nitrogens with one attached hydrogen (secondary N) is 1. The number of amides is 2. The molecule has 3 rings (SSSR count). The molecule has 0 fully saturated rings. The van der Waals surface area contributed by atoms with Crippen molar-refractivity contribution in [1.82, 2.24) is 10.2 Å². The lowest BCUT2D eigenvalue weighted by Crippen LogP contribution is -2.55. The molecule has 0 aliphatic heterocycles. The topological polar surface area (TPSA) is 114 Å². The number of nitrogens with zero attached hydrogens (tertiary/aromatic N) is 2. The first kappa shape index (κ1) is 37.1. The van der Waals surface area contributed by atoms with Crippen LogP contribution in [0.2, 0.25) is 15.1 Å². The molecule has 0 aliphatic rings. The summed E-state index contributed by atoms with van der Waals surface area (Å²) in [5.41, 5.74) is -0.0838. The van der Waals surface area contributed by atoms with Crippen LogP contribution in [0.3, 0.4) is 0 Å². The molecular formula is C32H38Cl3N3O7S. The molecule has 0 aromatic heterocycles. The van der Waals surface area contributed by atoms with Crippen molar-refractivity contribution >= 4 is 62.3 Å². The quantitative estimate of drug-likeness (QED) is 0.213. The second kappa shape index (κ2) is 15.5. The molecule has 1 unspecified atom stereocenters. The van der Waals surface area contributed by atoms with Crippen molar-refractivity contribution in [3.63, 3.8) is 0 Å². The first-order valence-electron chi connectivity index (χ1n) is 14.2. The van der Waals surface area contributed by atoms with E-state index in [0.29, 0.717) is 16.3 Å². The monoisotopic (exact) mass is 713 g/mol. The van der Waals surface area contributed by atoms with Crippen LogP contribution in [-0.4, -0.2) is 64.6 Å². The number of anilines is 1. The molecule has 14 heteroatoms. The maximum atomic E-state index is 14.4. The average Bonchev–Trinajstić information content (AvgIpc) is 2.99. The summed E-state index contributed by atoms with van der Waals surface area (Å²) in [7, 11) is -0.317. The van der Waals surface area contributed by atoms with Crippen LogP contribution in [0.25, 0.3) is 0 Å². The van der Waals surface area contributed by atoms with Crippen LogP contribution in [-0.2, 0) is 26.2 Å². The molecule has 0 saturated heterocycles. The van der Waals surface area contributed by atoms with Gasteiger partial charge in [-0.15, -0.1) is 0 Å². The normalized spacial score (nSPS) is 12.2. The van der Waals surface area contributed by atoms with Gasteiger partial charge < -0.3 is 24.4 Å². The molecule has 2 amide bonds. The average molecular weight is 715 g/mol. The van der Waals surface area contributed by atoms with Crippen LogP contribution in [0.15, 0.2) is 59.5 Å². The third-order valence-corrected chi connectivity index (χ3v) is 9.45. The van der Waals surface area contributed by atoms with E-state index >= 15 is 0 Å². The maximum Gasteiger partial charge on any atom is 0.265 e. The van der Waals surface area contributed by atoms with Gasteiger partial charge >= 0.3 is 0 Å². The van der Waals surface area contributed by atoms with E-state index < -0.39 is 40.0 Å². The number of rotatable bonds is 13. The number of sulfonamides is 1. The van der Waals surface area contributed by atoms with Gasteiger partial charge in [0.25, 0.3) is 10.0 Å². The predicted molar refractivity (Wildman–Crippen MR) is 181 cm³/mol. The van der Waals surface area contributed by atoms with Gasteiger partial charge in [0.2, 0.25) is 11.8 Å². The first-order valence-corrected chi connectivity index (χ1v) is 16.8. The minimum absolute atomic E-state index is 0.00908. The third kappa shape index (κ3) is 8.90. The summed E-state index contributed by atoms with van der Waals surface area (Å²) >= 11 is 18.9. The highest BCUT2D eigenvalue weighted by atomic mass is 35.5. The zero-order valence-corrected chi connectivity index (χ0v) is 29.8. The Kier molecular flexibility index (Phi) is 12.5. The van der Waals surface area contributed by atoms with Crippen LogP contribution in [0.1, 0.15) is 39.7 Å². The molecule has 46 heavy (non-hydrogen) atoms. The van der Waals surface area contributed by atoms with Gasteiger partial charge in [0.15, 0.2) is 11.5 Å². The fraction of sp³-hybridized carbons (Fsp3) is 0.375. The molecule has 10 nitrogen and oxygen atoms in total. The summed E-state index contributed by atoms with van der Waals surface area (Å²) in [4.78, 5) is 29.1. The molecule has 0 radical (unpaired) electrons. The van der Waals surface area contributed by atoms with Crippen LogP contribution in [0.4, 0.5) is 5.69 Å². The summed E-state index contributed by atoms with van der Waals surface area (Å²) in [6.45, 7) is 6.39. The molecule has 1 N–H and O–H groups in total. The Balaban J connectivity index is 2.21. The second-order valence-electron chi connectivity index (χ2n) is 11.3. The molecule has 1 atom stereocenters. The molecular weight excluding hydrogens is 677 g/mol. The van der Waals surface area contributed by atoms with Gasteiger partial charge in [-0.05, 0) is 75.2 Å². The Morgan fingerprint density at radius 3 is 2.00 bits per heavy atom. The Morgan fingerprint density at radius 2 is 1.43 bits per heavy atom. The molecule has 0 heterocycles. The highest BCUT2D eigenvalue weighted by Gasteiger charge is 2.36. The lowest BCUT2D eigenvalue weighted by molar-refractivity contribution is -0.141. The fourth-order valence-corrected chi connectivity index (χ4v) is 6.75. The lowest BCUT2D eigenvalue weighted by Gasteiger charge is -2.35. The van der Waals surface area contributed by atoms with E-state index in [0.717, 1.165) is 4.31 Å². The summed E-state index contributed by atoms with van der Waals surface area (Å²) in [6.07, 6.45) is 0.224. The van der Waals surface area contributed by atoms with Gasteiger partial charge in [0, 0.05) is 33.2 Å². The number of methoxy groups -OCH3 is 3. The number of ether oxygens (including phenoxy) is 3. The van der Waals surface area contributed by atoms with Crippen molar-refractivity contribution in [2.45, 2.75) is 57.1 Å². The SMILES string of the molecule is CCC(C(=O)NC(C)(C)C)N(Cc1ccc(Cl)cc1Cl)C(=O)CN(c1cc(Cl)ccc1OC)S(=O)(=O)c1ccc(OC)c(OC)c1. The van der Waals surface area contributed by atoms with E-state index in [2.05, 4.69) is 5.32 Å². The minimum atomic E-state index is -4.49. The fourth-order valence-electron chi connectivity index (χ4n) is 4.68. The number of benzene rings is 3. The van der Waals surface area contributed by atoms with Crippen molar-refractivity contribution in [3.05, 3.63) is 75.2 Å². The number of carbonyl (C=O) groups excluding carboxylic acids is 2. The zero-order chi connectivity index (χ0) is 34.4. The molecule has 0 spiro atoms. The highest BCUT2D eigenvalue weighted by Crippen LogP contribution is 2.37. The first-order chi connectivity index (χ1) is 21.6. The van der Waals surface area contributed by atoms with Gasteiger partial charge in [-0.2, -0.15) is 0 Å². The van der Waals surface area contributed by atoms with E-state index in [4.69, 9.17) is 49.0 Å². The van der Waals surface area contributed by atoms with Gasteiger partial charge in [-0.1, -0.05) is 47.8 Å². The number of hydrogen-bond donors (Lipinski definition) is 1. The summed E-state index contributed by atoms with van der Waals surface area (Å²) < 4.78 is 45.8. The second-order valence-corrected chi connectivity index (χ2v) is 14.4. The van der Waals surface area contributed by atoms with Crippen LogP contribution in [0, 0.1) is 0 Å². The van der Waals surface area contributed by atoms with Crippen molar-refractivity contribution < 1.29 is 32.2 Å². The summed E-state index contributed by atoms with van der Waals surface area (Å²) in [5, 5.41) is 3.80. The zero-order valence-electron chi connectivity index (χ0n) is 26.7. The Labute approximate surface area is 285 Å². The number of carbonyl (C=O) groups is 2. The smallest absolute Gasteiger partial charge is 0.265 e. The number of hydrogen-bond acceptors (Lipinski definition) is 7. The number of halogens is 3. The van der Waals surface area contributed by atoms with Crippen LogP contribution < -0.4 is 23.8 Å². The Morgan fingerprint density at radius 1 is 0.848 bits per heavy atom. The van der Waals surface area contributed by atoms with E-state index in [-0.39, 0.29) is 45.1 Å². The van der Waals surface area contributed by atoms with Gasteiger partial charge in [0.05, 0.1) is 31.9 Å². The molecule has 3 aromatic carbocycles. The third-order valence-electron chi connectivity index (χ3n) is 6.87. The van der Waals surface area contributed by atoms with E-state index in [1.165, 1.54) is 68.7 Å². The van der Waals surface area contributed by atoms with Crippen molar-refractivity contribution in [3.8, 4) is 17.2 Å². The summed E-state index contributed by atoms with van der Waals surface area (Å²) in [5.74, 6) is -0.481. The van der Waals surface area contributed by atoms with Crippen LogP contribution in [0.5, 0.6) is 17.2 Å². The van der Waals surface area contributed by atoms with E-state index in [1.54, 1.807) is 19.1 Å². The van der Waals surface area contributed by atoms with Gasteiger partial charge in [-0.25, -0.2) is 8.42 Å². The standard InChI is InChI=1S/C32H38Cl3N3O7S/c1-8-25(31(40)36-32(2,3)4)37(18-20-9-10-21(33)15-24(20)35)30(39)19-38(26-16-22(34)11-13-27(26)43-5)46(41,42)23-12-14-28(44-6)29(17-23)45-7/h9-17,25H,8,18-19H2,1-7H3,(H,36,40). The van der Waals surface area contributed by atoms with Crippen LogP contribution >= 0.6 is 34.8 Å². The molecule has 250 valence electrons. The van der Waals surface area contributed by atoms with E-state index in [9.17, 15) is 18.0 Å². The highest BCUT2D eigenvalue weighted by molar-refractivity contribution is 7.92. The Bertz CT molecular complexity index is 1680. The molecule has 3 aromatic rings. The molecule has 0 saturated carbocycles. The van der Waals surface area contributed by atoms with Crippen molar-refractivity contribution in [1.29, 1.82) is 0 Å². The van der Waals surface area contributed by atoms with Gasteiger partial charge in [0.1, 0.15) is 18.3 Å². The van der Waals surface area contributed by atoms with E-state index in [1.807, 2.05) is 20.8 Å². The van der Waals surface area contributed by atoms with Gasteiger partial charge in [-0.3, -0.25) is 13.9 Å². The largest absolute Gasteiger partial charge is 0.495 e. The Hall–Kier alpha value is -3.38. The lowest BCUT2D eigenvalue weighted by atomic mass is 10.1. The summed E-state index contributed by atoms with van der Waals surface area (Å²) in [6, 6.07) is 12.3. The maximum absolute atomic E-state index is 14.4. The molecule has 0 bridgehead atoms. The minimum Gasteiger partial charge on any atom is -0.495 e. The van der Waals surface area contributed by atoms with Crippen molar-refractivity contribution in [2.75, 3.05) is 32.2 Å². The predicted octanol–water partition coefficient (Wildman–Crippen LogP) is 6.59. The van der Waals surface area contributed by atoms with Crippen molar-refractivity contribution in [2.24, 2.45) is 0 Å².